The zero-order valence-electron chi connectivity index (χ0n) is 19.4. The summed E-state index contributed by atoms with van der Waals surface area (Å²) in [4.78, 5) is 15.8. The van der Waals surface area contributed by atoms with Gasteiger partial charge in [0, 0.05) is 41.2 Å². The second kappa shape index (κ2) is 8.49. The molecule has 0 amide bonds. The van der Waals surface area contributed by atoms with Gasteiger partial charge in [-0.2, -0.15) is 0 Å². The Bertz CT molecular complexity index is 1420. The molecule has 3 N–H and O–H groups in total. The smallest absolute Gasteiger partial charge is 0.356 e. The van der Waals surface area contributed by atoms with Gasteiger partial charge in [-0.15, -0.1) is 10.2 Å². The van der Waals surface area contributed by atoms with E-state index in [2.05, 4.69) is 25.2 Å². The Morgan fingerprint density at radius 2 is 1.97 bits per heavy atom. The lowest BCUT2D eigenvalue weighted by atomic mass is 10.0. The lowest BCUT2D eigenvalue weighted by molar-refractivity contribution is 0.0689. The quantitative estimate of drug-likeness (QED) is 0.430. The fourth-order valence-electron chi connectivity index (χ4n) is 4.45. The molecule has 2 heterocycles. The number of carbonyl (C=O) groups is 1. The van der Waals surface area contributed by atoms with Gasteiger partial charge in [0.1, 0.15) is 11.5 Å². The Balaban J connectivity index is 1.52. The molecule has 2 aliphatic rings. The molecule has 1 aromatic carbocycles. The number of alkyl halides is 1. The number of pyridine rings is 1. The fraction of sp³-hybridized carbons (Fsp3) is 0.417. The second-order valence-corrected chi connectivity index (χ2v) is 11.6. The normalized spacial score (nSPS) is 18.0. The number of hydrogen-bond acceptors (Lipinski definition) is 7. The van der Waals surface area contributed by atoms with Gasteiger partial charge in [-0.25, -0.2) is 22.3 Å². The van der Waals surface area contributed by atoms with Crippen LogP contribution < -0.4 is 10.0 Å². The first-order chi connectivity index (χ1) is 16.5. The van der Waals surface area contributed by atoms with Crippen LogP contribution in [0.15, 0.2) is 35.4 Å². The highest BCUT2D eigenvalue weighted by Crippen LogP contribution is 2.42. The number of hydrogen-bond donors (Lipinski definition) is 3. The van der Waals surface area contributed by atoms with E-state index in [0.717, 1.165) is 29.5 Å². The topological polar surface area (TPSA) is 134 Å². The molecule has 2 aliphatic carbocycles. The molecular weight excluding hydrogens is 473 g/mol. The van der Waals surface area contributed by atoms with Gasteiger partial charge >= 0.3 is 5.97 Å². The zero-order chi connectivity index (χ0) is 25.0. The predicted octanol–water partition coefficient (Wildman–Crippen LogP) is 3.21. The van der Waals surface area contributed by atoms with Crippen molar-refractivity contribution >= 4 is 32.6 Å². The molecule has 0 unspecified atom stereocenters. The van der Waals surface area contributed by atoms with E-state index in [-0.39, 0.29) is 23.2 Å². The molecule has 184 valence electrons. The summed E-state index contributed by atoms with van der Waals surface area (Å²) in [7, 11) is -4.02. The van der Waals surface area contributed by atoms with Crippen LogP contribution in [-0.2, 0) is 22.9 Å². The summed E-state index contributed by atoms with van der Waals surface area (Å²) >= 11 is 0. The van der Waals surface area contributed by atoms with Crippen LogP contribution in [0, 0.1) is 0 Å². The minimum absolute atomic E-state index is 0.161. The van der Waals surface area contributed by atoms with Crippen LogP contribution in [-0.4, -0.2) is 52.9 Å². The lowest BCUT2D eigenvalue weighted by Crippen LogP contribution is -2.36. The maximum atomic E-state index is 14.2. The monoisotopic (exact) mass is 499 g/mol. The summed E-state index contributed by atoms with van der Waals surface area (Å²) < 4.78 is 43.7. The van der Waals surface area contributed by atoms with Gasteiger partial charge in [-0.3, -0.25) is 4.98 Å². The standard InChI is InChI=1S/C24H26FN5O4S/c1-24(2,25)12-27-35(33,34)22-17-9-16(28-21-6-5-19(23(31)32)29-30-21)8-14(17)7-15-11-26-20(10-18(15)22)13-3-4-13/h5-7,10-11,13,16,27H,3-4,8-9,12H2,1-2H3,(H,28,30)(H,31,32)/t16-/m1/s1. The van der Waals surface area contributed by atoms with E-state index in [0.29, 0.717) is 35.5 Å². The van der Waals surface area contributed by atoms with Gasteiger partial charge in [0.25, 0.3) is 0 Å². The highest BCUT2D eigenvalue weighted by molar-refractivity contribution is 7.89. The van der Waals surface area contributed by atoms with Crippen molar-refractivity contribution in [3.8, 4) is 0 Å². The number of anilines is 1. The fourth-order valence-corrected chi connectivity index (χ4v) is 6.13. The summed E-state index contributed by atoms with van der Waals surface area (Å²) in [5, 5.41) is 21.2. The van der Waals surface area contributed by atoms with Crippen LogP contribution in [0.1, 0.15) is 59.9 Å². The van der Waals surface area contributed by atoms with Crippen molar-refractivity contribution in [3.05, 3.63) is 53.0 Å². The minimum atomic E-state index is -4.02. The summed E-state index contributed by atoms with van der Waals surface area (Å²) in [6.07, 6.45) is 4.73. The molecule has 3 aromatic rings. The van der Waals surface area contributed by atoms with Crippen molar-refractivity contribution in [3.63, 3.8) is 0 Å². The highest BCUT2D eigenvalue weighted by Gasteiger charge is 2.33. The molecule has 0 saturated heterocycles. The van der Waals surface area contributed by atoms with E-state index in [4.69, 9.17) is 5.11 Å². The molecule has 1 fully saturated rings. The SMILES string of the molecule is CC(C)(F)CNS(=O)(=O)c1c2c(cc3cnc(C4CC4)cc13)C[C@@H](Nc1ccc(C(=O)O)nn1)C2. The van der Waals surface area contributed by atoms with Crippen molar-refractivity contribution in [2.45, 2.75) is 62.1 Å². The molecule has 1 saturated carbocycles. The number of nitrogens with one attached hydrogen (secondary N) is 2. The number of rotatable bonds is 8. The molecule has 11 heteroatoms. The third-order valence-electron chi connectivity index (χ3n) is 6.29. The number of sulfonamides is 1. The number of halogens is 1. The molecule has 1 atom stereocenters. The van der Waals surface area contributed by atoms with Crippen LogP contribution in [0.5, 0.6) is 0 Å². The largest absolute Gasteiger partial charge is 0.476 e. The molecule has 0 bridgehead atoms. The number of aromatic nitrogens is 3. The van der Waals surface area contributed by atoms with Crippen molar-refractivity contribution in [1.29, 1.82) is 0 Å². The summed E-state index contributed by atoms with van der Waals surface area (Å²) in [6, 6.07) is 6.54. The number of carboxylic acid groups (broad SMARTS) is 1. The van der Waals surface area contributed by atoms with E-state index in [1.807, 2.05) is 12.1 Å². The molecule has 0 spiro atoms. The Hall–Kier alpha value is -3.18. The molecule has 0 radical (unpaired) electrons. The van der Waals surface area contributed by atoms with Crippen LogP contribution >= 0.6 is 0 Å². The first-order valence-corrected chi connectivity index (χ1v) is 12.9. The van der Waals surface area contributed by atoms with Gasteiger partial charge in [0.15, 0.2) is 5.69 Å². The summed E-state index contributed by atoms with van der Waals surface area (Å²) in [6.45, 7) is 2.32. The van der Waals surface area contributed by atoms with Crippen LogP contribution in [0.3, 0.4) is 0 Å². The van der Waals surface area contributed by atoms with Crippen LogP contribution in [0.25, 0.3) is 10.8 Å². The Labute approximate surface area is 202 Å². The van der Waals surface area contributed by atoms with Gasteiger partial charge in [0.05, 0.1) is 4.90 Å². The summed E-state index contributed by atoms with van der Waals surface area (Å²) in [5.74, 6) is -0.415. The predicted molar refractivity (Wildman–Crippen MR) is 128 cm³/mol. The molecule has 9 nitrogen and oxygen atoms in total. The zero-order valence-corrected chi connectivity index (χ0v) is 20.2. The Morgan fingerprint density at radius 3 is 2.60 bits per heavy atom. The maximum Gasteiger partial charge on any atom is 0.356 e. The van der Waals surface area contributed by atoms with Gasteiger partial charge in [-0.05, 0) is 74.9 Å². The molecule has 0 aliphatic heterocycles. The van der Waals surface area contributed by atoms with E-state index in [9.17, 15) is 17.6 Å². The number of nitrogens with zero attached hydrogens (tertiary/aromatic N) is 3. The van der Waals surface area contributed by atoms with Crippen molar-refractivity contribution in [2.75, 3.05) is 11.9 Å². The lowest BCUT2D eigenvalue weighted by Gasteiger charge is -2.18. The molecule has 2 aromatic heterocycles. The number of fused-ring (bicyclic) bond motifs is 2. The van der Waals surface area contributed by atoms with Crippen LogP contribution in [0.2, 0.25) is 0 Å². The van der Waals surface area contributed by atoms with Gasteiger partial charge < -0.3 is 10.4 Å². The van der Waals surface area contributed by atoms with Crippen molar-refractivity contribution < 1.29 is 22.7 Å². The maximum absolute atomic E-state index is 14.2. The summed E-state index contributed by atoms with van der Waals surface area (Å²) in [5.41, 5.74) is 0.562. The molecule has 5 rings (SSSR count). The highest BCUT2D eigenvalue weighted by atomic mass is 32.2. The number of carboxylic acids is 1. The van der Waals surface area contributed by atoms with Crippen molar-refractivity contribution in [1.82, 2.24) is 19.9 Å². The third kappa shape index (κ3) is 4.96. The van der Waals surface area contributed by atoms with E-state index in [1.165, 1.54) is 26.0 Å². The van der Waals surface area contributed by atoms with E-state index < -0.39 is 21.7 Å². The van der Waals surface area contributed by atoms with Crippen LogP contribution in [0.4, 0.5) is 10.2 Å². The first-order valence-electron chi connectivity index (χ1n) is 11.5. The third-order valence-corrected chi connectivity index (χ3v) is 7.82. The Morgan fingerprint density at radius 1 is 1.20 bits per heavy atom. The molecule has 35 heavy (non-hydrogen) atoms. The van der Waals surface area contributed by atoms with Gasteiger partial charge in [0.2, 0.25) is 10.0 Å². The van der Waals surface area contributed by atoms with E-state index >= 15 is 0 Å². The number of aromatic carboxylic acids is 1. The molecular formula is C24H26FN5O4S. The van der Waals surface area contributed by atoms with E-state index in [1.54, 1.807) is 6.20 Å². The second-order valence-electron chi connectivity index (χ2n) is 9.85. The Kier molecular flexibility index (Phi) is 5.71. The minimum Gasteiger partial charge on any atom is -0.476 e. The average molecular weight is 500 g/mol. The first kappa shape index (κ1) is 23.6. The van der Waals surface area contributed by atoms with Crippen molar-refractivity contribution in [2.24, 2.45) is 0 Å². The van der Waals surface area contributed by atoms with Gasteiger partial charge in [-0.1, -0.05) is 0 Å². The number of benzene rings is 1. The average Bonchev–Trinajstić information content (AvgIpc) is 3.56.